The second kappa shape index (κ2) is 11.0. The number of nitrogens with two attached hydrogens (primary N) is 1. The number of carbonyl (C=O) groups excluding carboxylic acids is 1. The molecular formula is C25H25FN8O3. The van der Waals surface area contributed by atoms with Crippen LogP contribution in [0.25, 0.3) is 10.9 Å². The summed E-state index contributed by atoms with van der Waals surface area (Å²) in [5.41, 5.74) is 8.93. The number of nitrogens with zero attached hydrogens (tertiary/aromatic N) is 6. The molecule has 11 nitrogen and oxygen atoms in total. The molecule has 4 aromatic rings. The number of amides is 1. The lowest BCUT2D eigenvalue weighted by molar-refractivity contribution is -0.140. The first-order chi connectivity index (χ1) is 18.1. The minimum Gasteiger partial charge on any atom is -0.386 e. The zero-order valence-electron chi connectivity index (χ0n) is 19.9. The Labute approximate surface area is 211 Å². The van der Waals surface area contributed by atoms with Gasteiger partial charge in [0.2, 0.25) is 0 Å². The zero-order chi connectivity index (χ0) is 25.6. The predicted molar refractivity (Wildman–Crippen MR) is 136 cm³/mol. The minimum absolute atomic E-state index is 0.165. The lowest BCUT2D eigenvalue weighted by Crippen LogP contribution is -2.42. The number of hydrogen-bond acceptors (Lipinski definition) is 9. The predicted octanol–water partition coefficient (Wildman–Crippen LogP) is 2.55. The molecule has 1 aliphatic rings. The number of aromatic nitrogens is 4. The summed E-state index contributed by atoms with van der Waals surface area (Å²) in [6, 6.07) is 12.2. The summed E-state index contributed by atoms with van der Waals surface area (Å²) in [7, 11) is 0. The first-order valence-electron chi connectivity index (χ1n) is 11.7. The molecule has 12 heteroatoms. The molecule has 1 aliphatic heterocycles. The van der Waals surface area contributed by atoms with Crippen molar-refractivity contribution in [2.75, 3.05) is 44.0 Å². The molecule has 0 bridgehead atoms. The van der Waals surface area contributed by atoms with Crippen LogP contribution >= 0.6 is 0 Å². The van der Waals surface area contributed by atoms with E-state index in [4.69, 9.17) is 15.3 Å². The van der Waals surface area contributed by atoms with Crippen molar-refractivity contribution in [2.24, 2.45) is 5.16 Å². The second-order valence-corrected chi connectivity index (χ2v) is 8.35. The quantitative estimate of drug-likeness (QED) is 0.276. The first kappa shape index (κ1) is 24.1. The largest absolute Gasteiger partial charge is 0.386 e. The summed E-state index contributed by atoms with van der Waals surface area (Å²) < 4.78 is 20.6. The van der Waals surface area contributed by atoms with Gasteiger partial charge in [-0.05, 0) is 35.9 Å². The van der Waals surface area contributed by atoms with Crippen molar-refractivity contribution in [3.63, 3.8) is 0 Å². The van der Waals surface area contributed by atoms with Crippen LogP contribution in [-0.4, -0.2) is 69.7 Å². The molecule has 0 saturated carbocycles. The third-order valence-electron chi connectivity index (χ3n) is 5.85. The molecule has 2 aromatic heterocycles. The number of ether oxygens (including phenoxy) is 1. The summed E-state index contributed by atoms with van der Waals surface area (Å²) in [6.45, 7) is 2.36. The molecule has 0 unspecified atom stereocenters. The lowest BCUT2D eigenvalue weighted by atomic mass is 10.2. The molecule has 37 heavy (non-hydrogen) atoms. The molecule has 3 heterocycles. The van der Waals surface area contributed by atoms with E-state index < -0.39 is 0 Å². The average molecular weight is 505 g/mol. The van der Waals surface area contributed by atoms with E-state index in [9.17, 15) is 9.18 Å². The van der Waals surface area contributed by atoms with Crippen LogP contribution in [0.1, 0.15) is 11.1 Å². The molecule has 0 aliphatic carbocycles. The standard InChI is InChI=1S/C25H25FN8O3/c26-19-3-1-2-17(10-19)14-34-22-5-4-20(11-18(22)12-30-34)32-25-21(24(27)28-16-29-25)13-31-37-15-23(35)33-6-8-36-9-7-33/h1-5,10-13,16H,6-9,14-15H2,(H3,27,28,29,32)/b31-13+. The van der Waals surface area contributed by atoms with Gasteiger partial charge >= 0.3 is 0 Å². The molecule has 1 saturated heterocycles. The van der Waals surface area contributed by atoms with Gasteiger partial charge in [0.25, 0.3) is 5.91 Å². The highest BCUT2D eigenvalue weighted by molar-refractivity contribution is 5.93. The van der Waals surface area contributed by atoms with Crippen LogP contribution in [0.15, 0.2) is 60.1 Å². The van der Waals surface area contributed by atoms with E-state index in [0.717, 1.165) is 22.2 Å². The van der Waals surface area contributed by atoms with E-state index in [1.165, 1.54) is 24.7 Å². The van der Waals surface area contributed by atoms with E-state index in [2.05, 4.69) is 25.5 Å². The van der Waals surface area contributed by atoms with Crippen molar-refractivity contribution < 1.29 is 18.8 Å². The third kappa shape index (κ3) is 5.81. The van der Waals surface area contributed by atoms with Crippen LogP contribution in [-0.2, 0) is 20.9 Å². The minimum atomic E-state index is -0.280. The monoisotopic (exact) mass is 504 g/mol. The number of nitrogen functional groups attached to an aromatic ring is 1. The third-order valence-corrected chi connectivity index (χ3v) is 5.85. The Bertz CT molecular complexity index is 1430. The Hall–Kier alpha value is -4.58. The van der Waals surface area contributed by atoms with Gasteiger partial charge in [-0.25, -0.2) is 14.4 Å². The highest BCUT2D eigenvalue weighted by Gasteiger charge is 2.17. The molecule has 0 spiro atoms. The van der Waals surface area contributed by atoms with Crippen molar-refractivity contribution >= 4 is 40.3 Å². The number of halogens is 1. The number of oxime groups is 1. The number of fused-ring (bicyclic) bond motifs is 1. The molecule has 3 N–H and O–H groups in total. The second-order valence-electron chi connectivity index (χ2n) is 8.35. The van der Waals surface area contributed by atoms with Crippen LogP contribution in [0.2, 0.25) is 0 Å². The molecular weight excluding hydrogens is 479 g/mol. The Kier molecular flexibility index (Phi) is 7.17. The van der Waals surface area contributed by atoms with Crippen LogP contribution in [0.5, 0.6) is 0 Å². The molecule has 1 amide bonds. The molecule has 2 aromatic carbocycles. The topological polar surface area (TPSA) is 133 Å². The van der Waals surface area contributed by atoms with Gasteiger partial charge in [-0.2, -0.15) is 5.10 Å². The van der Waals surface area contributed by atoms with E-state index in [1.807, 2.05) is 28.9 Å². The van der Waals surface area contributed by atoms with Gasteiger partial charge < -0.3 is 25.5 Å². The summed E-state index contributed by atoms with van der Waals surface area (Å²) in [5, 5.41) is 12.5. The number of nitrogens with one attached hydrogen (secondary N) is 1. The molecule has 1 fully saturated rings. The van der Waals surface area contributed by atoms with Crippen molar-refractivity contribution in [2.45, 2.75) is 6.54 Å². The molecule has 5 rings (SSSR count). The first-order valence-corrected chi connectivity index (χ1v) is 11.7. The molecule has 0 radical (unpaired) electrons. The van der Waals surface area contributed by atoms with Crippen molar-refractivity contribution in [3.8, 4) is 0 Å². The van der Waals surface area contributed by atoms with Crippen molar-refractivity contribution in [1.29, 1.82) is 0 Å². The fraction of sp³-hybridized carbons (Fsp3) is 0.240. The van der Waals surface area contributed by atoms with Gasteiger partial charge in [-0.3, -0.25) is 9.48 Å². The van der Waals surface area contributed by atoms with E-state index in [0.29, 0.717) is 44.2 Å². The summed E-state index contributed by atoms with van der Waals surface area (Å²) in [5.74, 6) is 0.180. The average Bonchev–Trinajstić information content (AvgIpc) is 3.30. The number of benzene rings is 2. The fourth-order valence-corrected chi connectivity index (χ4v) is 3.96. The van der Waals surface area contributed by atoms with E-state index >= 15 is 0 Å². The molecule has 0 atom stereocenters. The van der Waals surface area contributed by atoms with Gasteiger partial charge in [0.15, 0.2) is 6.61 Å². The summed E-state index contributed by atoms with van der Waals surface area (Å²) in [6.07, 6.45) is 4.46. The Balaban J connectivity index is 1.27. The van der Waals surface area contributed by atoms with Gasteiger partial charge in [0.05, 0.1) is 43.3 Å². The Morgan fingerprint density at radius 2 is 2.08 bits per heavy atom. The highest BCUT2D eigenvalue weighted by Crippen LogP contribution is 2.24. The van der Waals surface area contributed by atoms with Gasteiger partial charge in [0.1, 0.15) is 23.8 Å². The fourth-order valence-electron chi connectivity index (χ4n) is 3.96. The van der Waals surface area contributed by atoms with Gasteiger partial charge in [-0.1, -0.05) is 17.3 Å². The van der Waals surface area contributed by atoms with Gasteiger partial charge in [-0.15, -0.1) is 0 Å². The maximum Gasteiger partial charge on any atom is 0.263 e. The SMILES string of the molecule is Nc1ncnc(Nc2ccc3c(cnn3Cc3cccc(F)c3)c2)c1/C=N/OCC(=O)N1CCOCC1. The normalized spacial score (nSPS) is 13.8. The molecule has 190 valence electrons. The zero-order valence-corrected chi connectivity index (χ0v) is 19.9. The van der Waals surface area contributed by atoms with Crippen molar-refractivity contribution in [3.05, 3.63) is 71.9 Å². The maximum atomic E-state index is 13.5. The number of anilines is 3. The smallest absolute Gasteiger partial charge is 0.263 e. The van der Waals surface area contributed by atoms with E-state index in [-0.39, 0.29) is 24.1 Å². The number of hydrogen-bond donors (Lipinski definition) is 2. The van der Waals surface area contributed by atoms with Crippen LogP contribution in [0, 0.1) is 5.82 Å². The Morgan fingerprint density at radius 1 is 1.22 bits per heavy atom. The summed E-state index contributed by atoms with van der Waals surface area (Å²) in [4.78, 5) is 27.4. The number of morpholine rings is 1. The van der Waals surface area contributed by atoms with Gasteiger partial charge in [0, 0.05) is 24.2 Å². The van der Waals surface area contributed by atoms with Crippen LogP contribution < -0.4 is 11.1 Å². The number of carbonyl (C=O) groups is 1. The lowest BCUT2D eigenvalue weighted by Gasteiger charge is -2.26. The highest BCUT2D eigenvalue weighted by atomic mass is 19.1. The van der Waals surface area contributed by atoms with Crippen LogP contribution in [0.4, 0.5) is 21.7 Å². The van der Waals surface area contributed by atoms with Crippen molar-refractivity contribution in [1.82, 2.24) is 24.6 Å². The maximum absolute atomic E-state index is 13.5. The van der Waals surface area contributed by atoms with Crippen LogP contribution in [0.3, 0.4) is 0 Å². The number of rotatable bonds is 8. The van der Waals surface area contributed by atoms with E-state index in [1.54, 1.807) is 17.2 Å². The Morgan fingerprint density at radius 3 is 2.92 bits per heavy atom. The summed E-state index contributed by atoms with van der Waals surface area (Å²) >= 11 is 0.